The van der Waals surface area contributed by atoms with Crippen LogP contribution in [0.2, 0.25) is 0 Å². The summed E-state index contributed by atoms with van der Waals surface area (Å²) in [5.41, 5.74) is 0.811. The molecule has 0 spiro atoms. The molecule has 1 aromatic rings. The summed E-state index contributed by atoms with van der Waals surface area (Å²) in [6, 6.07) is 4.95. The van der Waals surface area contributed by atoms with E-state index in [1.54, 1.807) is 25.3 Å². The highest BCUT2D eigenvalue weighted by Gasteiger charge is 2.14. The summed E-state index contributed by atoms with van der Waals surface area (Å²) in [6.07, 6.45) is 1.76. The van der Waals surface area contributed by atoms with E-state index >= 15 is 0 Å². The van der Waals surface area contributed by atoms with Crippen LogP contribution in [-0.4, -0.2) is 19.2 Å². The lowest BCUT2D eigenvalue weighted by atomic mass is 10.2. The molecule has 0 aliphatic carbocycles. The molecule has 0 amide bonds. The fourth-order valence-electron chi connectivity index (χ4n) is 0.986. The van der Waals surface area contributed by atoms with Crippen LogP contribution in [0.15, 0.2) is 28.0 Å². The monoisotopic (exact) mass is 218 g/mol. The predicted octanol–water partition coefficient (Wildman–Crippen LogP) is 1.96. The van der Waals surface area contributed by atoms with E-state index in [1.807, 2.05) is 0 Å². The number of aryl methyl sites for hydroxylation is 1. The summed E-state index contributed by atoms with van der Waals surface area (Å²) in [7, 11) is -4.09. The third-order valence-electron chi connectivity index (χ3n) is 1.60. The zero-order chi connectivity index (χ0) is 10.1. The second-order valence-electron chi connectivity index (χ2n) is 2.63. The fraction of sp³-hybridized carbons (Fsp3) is 0.250. The van der Waals surface area contributed by atoms with E-state index in [0.717, 1.165) is 5.56 Å². The molecular weight excluding hydrogens is 208 g/mol. The van der Waals surface area contributed by atoms with E-state index < -0.39 is 10.1 Å². The van der Waals surface area contributed by atoms with E-state index in [-0.39, 0.29) is 4.90 Å². The van der Waals surface area contributed by atoms with Crippen molar-refractivity contribution in [2.24, 2.45) is 0 Å². The van der Waals surface area contributed by atoms with Gasteiger partial charge in [-0.25, -0.2) is 0 Å². The minimum absolute atomic E-state index is 0.0139. The Morgan fingerprint density at radius 3 is 2.46 bits per heavy atom. The molecule has 0 bridgehead atoms. The molecule has 0 aliphatic heterocycles. The third-order valence-corrected chi connectivity index (χ3v) is 3.42. The first-order valence-electron chi connectivity index (χ1n) is 3.57. The van der Waals surface area contributed by atoms with Crippen molar-refractivity contribution >= 4 is 21.9 Å². The standard InChI is InChI=1S/C8H10O3S2/c1-6-3-4-7(12-2)8(5-6)13(9,10)11/h3-5H,1-2H3,(H,9,10,11). The van der Waals surface area contributed by atoms with Crippen LogP contribution in [0.4, 0.5) is 0 Å². The molecule has 0 unspecified atom stereocenters. The smallest absolute Gasteiger partial charge is 0.282 e. The molecule has 0 saturated heterocycles. The second-order valence-corrected chi connectivity index (χ2v) is 4.87. The van der Waals surface area contributed by atoms with Crippen LogP contribution >= 0.6 is 11.8 Å². The molecule has 0 atom stereocenters. The minimum atomic E-state index is -4.09. The molecule has 0 heterocycles. The first kappa shape index (κ1) is 10.6. The number of hydrogen-bond donors (Lipinski definition) is 1. The Bertz CT molecular complexity index is 409. The average molecular weight is 218 g/mol. The van der Waals surface area contributed by atoms with Crippen molar-refractivity contribution in [2.75, 3.05) is 6.26 Å². The number of hydrogen-bond acceptors (Lipinski definition) is 3. The molecule has 1 N–H and O–H groups in total. The van der Waals surface area contributed by atoms with Gasteiger partial charge in [-0.05, 0) is 30.9 Å². The van der Waals surface area contributed by atoms with Gasteiger partial charge in [0.05, 0.1) is 0 Å². The lowest BCUT2D eigenvalue weighted by molar-refractivity contribution is 0.481. The zero-order valence-corrected chi connectivity index (χ0v) is 8.95. The van der Waals surface area contributed by atoms with Gasteiger partial charge in [-0.1, -0.05) is 6.07 Å². The lowest BCUT2D eigenvalue weighted by Crippen LogP contribution is -2.00. The van der Waals surface area contributed by atoms with Crippen molar-refractivity contribution in [3.8, 4) is 0 Å². The summed E-state index contributed by atoms with van der Waals surface area (Å²) in [4.78, 5) is 0.549. The molecule has 1 aromatic carbocycles. The molecule has 72 valence electrons. The molecule has 0 saturated carbocycles. The maximum Gasteiger partial charge on any atom is 0.295 e. The normalized spacial score (nSPS) is 11.6. The van der Waals surface area contributed by atoms with Gasteiger partial charge in [0.15, 0.2) is 0 Å². The van der Waals surface area contributed by atoms with Gasteiger partial charge >= 0.3 is 0 Å². The Labute approximate surface area is 81.9 Å². The second kappa shape index (κ2) is 3.69. The molecule has 0 aromatic heterocycles. The quantitative estimate of drug-likeness (QED) is 0.609. The van der Waals surface area contributed by atoms with Crippen LogP contribution in [0.25, 0.3) is 0 Å². The zero-order valence-electron chi connectivity index (χ0n) is 7.31. The summed E-state index contributed by atoms with van der Waals surface area (Å²) >= 11 is 1.29. The van der Waals surface area contributed by atoms with Crippen LogP contribution in [-0.2, 0) is 10.1 Å². The molecule has 3 nitrogen and oxygen atoms in total. The fourth-order valence-corrected chi connectivity index (χ4v) is 2.67. The van der Waals surface area contributed by atoms with Crippen molar-refractivity contribution in [1.29, 1.82) is 0 Å². The number of rotatable bonds is 2. The summed E-state index contributed by atoms with van der Waals surface area (Å²) in [5, 5.41) is 0. The SMILES string of the molecule is CSc1ccc(C)cc1S(=O)(=O)O. The van der Waals surface area contributed by atoms with Gasteiger partial charge in [0.1, 0.15) is 4.90 Å². The van der Waals surface area contributed by atoms with Crippen LogP contribution < -0.4 is 0 Å². The van der Waals surface area contributed by atoms with Crippen LogP contribution in [0.3, 0.4) is 0 Å². The molecular formula is C8H10O3S2. The highest BCUT2D eigenvalue weighted by molar-refractivity contribution is 7.99. The third kappa shape index (κ3) is 2.46. The Morgan fingerprint density at radius 2 is 2.00 bits per heavy atom. The molecule has 0 radical (unpaired) electrons. The predicted molar refractivity (Wildman–Crippen MR) is 52.8 cm³/mol. The van der Waals surface area contributed by atoms with Crippen LogP contribution in [0, 0.1) is 6.92 Å². The Morgan fingerprint density at radius 1 is 1.38 bits per heavy atom. The van der Waals surface area contributed by atoms with Crippen molar-refractivity contribution in [2.45, 2.75) is 16.7 Å². The first-order chi connectivity index (χ1) is 5.95. The van der Waals surface area contributed by atoms with Crippen molar-refractivity contribution in [3.63, 3.8) is 0 Å². The Hall–Kier alpha value is -0.520. The molecule has 0 aliphatic rings. The molecule has 0 fully saturated rings. The van der Waals surface area contributed by atoms with Gasteiger partial charge in [-0.3, -0.25) is 4.55 Å². The molecule has 5 heteroatoms. The highest BCUT2D eigenvalue weighted by Crippen LogP contribution is 2.25. The van der Waals surface area contributed by atoms with Crippen molar-refractivity contribution < 1.29 is 13.0 Å². The van der Waals surface area contributed by atoms with Gasteiger partial charge in [0.25, 0.3) is 10.1 Å². The van der Waals surface area contributed by atoms with E-state index in [9.17, 15) is 8.42 Å². The van der Waals surface area contributed by atoms with Gasteiger partial charge in [0.2, 0.25) is 0 Å². The van der Waals surface area contributed by atoms with Gasteiger partial charge < -0.3 is 0 Å². The summed E-state index contributed by atoms with van der Waals surface area (Å²) in [5.74, 6) is 0. The minimum Gasteiger partial charge on any atom is -0.282 e. The maximum absolute atomic E-state index is 10.9. The van der Waals surface area contributed by atoms with E-state index in [4.69, 9.17) is 4.55 Å². The van der Waals surface area contributed by atoms with Crippen LogP contribution in [0.1, 0.15) is 5.56 Å². The maximum atomic E-state index is 10.9. The van der Waals surface area contributed by atoms with Crippen molar-refractivity contribution in [1.82, 2.24) is 0 Å². The summed E-state index contributed by atoms with van der Waals surface area (Å²) in [6.45, 7) is 1.78. The van der Waals surface area contributed by atoms with E-state index in [0.29, 0.717) is 4.90 Å². The van der Waals surface area contributed by atoms with Crippen LogP contribution in [0.5, 0.6) is 0 Å². The van der Waals surface area contributed by atoms with E-state index in [1.165, 1.54) is 17.8 Å². The topological polar surface area (TPSA) is 54.4 Å². The van der Waals surface area contributed by atoms with Crippen molar-refractivity contribution in [3.05, 3.63) is 23.8 Å². The highest BCUT2D eigenvalue weighted by atomic mass is 32.2. The molecule has 13 heavy (non-hydrogen) atoms. The largest absolute Gasteiger partial charge is 0.295 e. The number of thioether (sulfide) groups is 1. The first-order valence-corrected chi connectivity index (χ1v) is 6.24. The Balaban J connectivity index is 3.41. The van der Waals surface area contributed by atoms with Gasteiger partial charge in [0, 0.05) is 4.90 Å². The Kier molecular flexibility index (Phi) is 3.00. The van der Waals surface area contributed by atoms with E-state index in [2.05, 4.69) is 0 Å². The average Bonchev–Trinajstić information content (AvgIpc) is 2.03. The lowest BCUT2D eigenvalue weighted by Gasteiger charge is -2.04. The van der Waals surface area contributed by atoms with Gasteiger partial charge in [-0.15, -0.1) is 11.8 Å². The van der Waals surface area contributed by atoms with Gasteiger partial charge in [-0.2, -0.15) is 8.42 Å². The summed E-state index contributed by atoms with van der Waals surface area (Å²) < 4.78 is 30.7. The molecule has 1 rings (SSSR count). The number of benzene rings is 1.